The maximum atomic E-state index is 12.4. The molecule has 0 atom stereocenters. The standard InChI is InChI=1S/C19H25N3O/c1-13(2)16-7-6-8-17(22-16)18(23)21-12-14-11-20-10-9-15(14)19(3,4)5/h6-11,13H,12H2,1-5H3,(H,21,23). The lowest BCUT2D eigenvalue weighted by atomic mass is 9.85. The van der Waals surface area contributed by atoms with Gasteiger partial charge in [0.2, 0.25) is 0 Å². The van der Waals surface area contributed by atoms with E-state index in [1.807, 2.05) is 24.4 Å². The van der Waals surface area contributed by atoms with E-state index < -0.39 is 0 Å². The highest BCUT2D eigenvalue weighted by molar-refractivity contribution is 5.92. The number of hydrogen-bond donors (Lipinski definition) is 1. The van der Waals surface area contributed by atoms with Crippen LogP contribution in [0.3, 0.4) is 0 Å². The third-order valence-electron chi connectivity index (χ3n) is 3.75. The molecule has 1 amide bonds. The van der Waals surface area contributed by atoms with Crippen molar-refractivity contribution in [2.24, 2.45) is 0 Å². The molecule has 0 aliphatic carbocycles. The SMILES string of the molecule is CC(C)c1cccc(C(=O)NCc2cnccc2C(C)(C)C)n1. The van der Waals surface area contributed by atoms with Crippen LogP contribution >= 0.6 is 0 Å². The molecule has 4 heteroatoms. The fourth-order valence-electron chi connectivity index (χ4n) is 2.47. The zero-order valence-corrected chi connectivity index (χ0v) is 14.6. The molecule has 2 aromatic heterocycles. The van der Waals surface area contributed by atoms with E-state index in [1.54, 1.807) is 12.3 Å². The van der Waals surface area contributed by atoms with Gasteiger partial charge in [-0.1, -0.05) is 40.7 Å². The van der Waals surface area contributed by atoms with Gasteiger partial charge < -0.3 is 5.32 Å². The van der Waals surface area contributed by atoms with Crippen LogP contribution in [0.25, 0.3) is 0 Å². The largest absolute Gasteiger partial charge is 0.347 e. The fourth-order valence-corrected chi connectivity index (χ4v) is 2.47. The molecular formula is C19H25N3O. The highest BCUT2D eigenvalue weighted by atomic mass is 16.1. The van der Waals surface area contributed by atoms with Crippen LogP contribution in [-0.2, 0) is 12.0 Å². The second kappa shape index (κ2) is 6.90. The van der Waals surface area contributed by atoms with Crippen molar-refractivity contribution in [2.75, 3.05) is 0 Å². The van der Waals surface area contributed by atoms with Crippen molar-refractivity contribution in [3.63, 3.8) is 0 Å². The van der Waals surface area contributed by atoms with Gasteiger partial charge in [0.05, 0.1) is 0 Å². The first-order chi connectivity index (χ1) is 10.8. The monoisotopic (exact) mass is 311 g/mol. The molecule has 2 heterocycles. The van der Waals surface area contributed by atoms with Crippen molar-refractivity contribution >= 4 is 5.91 Å². The highest BCUT2D eigenvalue weighted by Crippen LogP contribution is 2.25. The number of amides is 1. The summed E-state index contributed by atoms with van der Waals surface area (Å²) in [5, 5.41) is 2.95. The molecule has 0 bridgehead atoms. The van der Waals surface area contributed by atoms with Crippen LogP contribution in [0.5, 0.6) is 0 Å². The van der Waals surface area contributed by atoms with Crippen molar-refractivity contribution in [1.82, 2.24) is 15.3 Å². The Morgan fingerprint density at radius 1 is 1.22 bits per heavy atom. The van der Waals surface area contributed by atoms with Gasteiger partial charge in [-0.15, -0.1) is 0 Å². The molecule has 0 spiro atoms. The van der Waals surface area contributed by atoms with Gasteiger partial charge in [0.15, 0.2) is 0 Å². The molecule has 122 valence electrons. The molecule has 0 fully saturated rings. The van der Waals surface area contributed by atoms with Crippen LogP contribution in [0.2, 0.25) is 0 Å². The van der Waals surface area contributed by atoms with Gasteiger partial charge in [-0.3, -0.25) is 9.78 Å². The van der Waals surface area contributed by atoms with Crippen molar-refractivity contribution in [2.45, 2.75) is 52.5 Å². The molecule has 0 aliphatic rings. The summed E-state index contributed by atoms with van der Waals surface area (Å²) >= 11 is 0. The van der Waals surface area contributed by atoms with E-state index in [0.717, 1.165) is 11.3 Å². The van der Waals surface area contributed by atoms with Crippen LogP contribution in [0.15, 0.2) is 36.7 Å². The van der Waals surface area contributed by atoms with Crippen molar-refractivity contribution in [3.05, 3.63) is 59.2 Å². The third-order valence-corrected chi connectivity index (χ3v) is 3.75. The normalized spacial score (nSPS) is 11.6. The molecule has 0 saturated carbocycles. The zero-order chi connectivity index (χ0) is 17.0. The van der Waals surface area contributed by atoms with Crippen LogP contribution in [0.4, 0.5) is 0 Å². The quantitative estimate of drug-likeness (QED) is 0.933. The van der Waals surface area contributed by atoms with E-state index in [0.29, 0.717) is 18.2 Å². The first-order valence-electron chi connectivity index (χ1n) is 7.97. The number of carbonyl (C=O) groups is 1. The molecule has 0 aromatic carbocycles. The summed E-state index contributed by atoms with van der Waals surface area (Å²) in [4.78, 5) is 21.0. The van der Waals surface area contributed by atoms with Crippen molar-refractivity contribution in [1.29, 1.82) is 0 Å². The lowest BCUT2D eigenvalue weighted by molar-refractivity contribution is 0.0945. The Kier molecular flexibility index (Phi) is 5.14. The minimum absolute atomic E-state index is 0.0127. The van der Waals surface area contributed by atoms with E-state index in [-0.39, 0.29) is 11.3 Å². The van der Waals surface area contributed by atoms with Gasteiger partial charge >= 0.3 is 0 Å². The summed E-state index contributed by atoms with van der Waals surface area (Å²) in [5.41, 5.74) is 3.62. The Morgan fingerprint density at radius 2 is 1.96 bits per heavy atom. The first-order valence-corrected chi connectivity index (χ1v) is 7.97. The van der Waals surface area contributed by atoms with Gasteiger partial charge in [-0.05, 0) is 40.7 Å². The van der Waals surface area contributed by atoms with Gasteiger partial charge in [0.25, 0.3) is 5.91 Å². The molecule has 23 heavy (non-hydrogen) atoms. The van der Waals surface area contributed by atoms with Crippen LogP contribution < -0.4 is 5.32 Å². The first kappa shape index (κ1) is 17.1. The maximum absolute atomic E-state index is 12.4. The van der Waals surface area contributed by atoms with Crippen molar-refractivity contribution in [3.8, 4) is 0 Å². The van der Waals surface area contributed by atoms with Crippen LogP contribution in [0, 0.1) is 0 Å². The molecular weight excluding hydrogens is 286 g/mol. The summed E-state index contributed by atoms with van der Waals surface area (Å²) in [5.74, 6) is 0.143. The lowest BCUT2D eigenvalue weighted by Crippen LogP contribution is -2.26. The molecule has 2 aromatic rings. The Labute approximate surface area is 138 Å². The summed E-state index contributed by atoms with van der Waals surface area (Å²) in [6, 6.07) is 7.58. The average Bonchev–Trinajstić information content (AvgIpc) is 2.52. The predicted octanol–water partition coefficient (Wildman–Crippen LogP) is 3.83. The van der Waals surface area contributed by atoms with Crippen molar-refractivity contribution < 1.29 is 4.79 Å². The van der Waals surface area contributed by atoms with E-state index in [2.05, 4.69) is 49.9 Å². The summed E-state index contributed by atoms with van der Waals surface area (Å²) < 4.78 is 0. The van der Waals surface area contributed by atoms with Gasteiger partial charge in [0, 0.05) is 24.6 Å². The number of rotatable bonds is 4. The predicted molar refractivity (Wildman–Crippen MR) is 92.4 cm³/mol. The minimum atomic E-state index is -0.156. The number of nitrogens with one attached hydrogen (secondary N) is 1. The zero-order valence-electron chi connectivity index (χ0n) is 14.6. The number of nitrogens with zero attached hydrogens (tertiary/aromatic N) is 2. The highest BCUT2D eigenvalue weighted by Gasteiger charge is 2.18. The number of aromatic nitrogens is 2. The Morgan fingerprint density at radius 3 is 2.61 bits per heavy atom. The van der Waals surface area contributed by atoms with Gasteiger partial charge in [-0.25, -0.2) is 4.98 Å². The Bertz CT molecular complexity index is 687. The number of pyridine rings is 2. The molecule has 0 aliphatic heterocycles. The molecule has 0 unspecified atom stereocenters. The van der Waals surface area contributed by atoms with Crippen LogP contribution in [-0.4, -0.2) is 15.9 Å². The van der Waals surface area contributed by atoms with E-state index in [9.17, 15) is 4.79 Å². The Balaban J connectivity index is 2.13. The third kappa shape index (κ3) is 4.38. The fraction of sp³-hybridized carbons (Fsp3) is 0.421. The Hall–Kier alpha value is -2.23. The van der Waals surface area contributed by atoms with Gasteiger partial charge in [-0.2, -0.15) is 0 Å². The molecule has 2 rings (SSSR count). The minimum Gasteiger partial charge on any atom is -0.347 e. The second-order valence-corrected chi connectivity index (χ2v) is 7.07. The summed E-state index contributed by atoms with van der Waals surface area (Å²) in [6.45, 7) is 11.0. The number of carbonyl (C=O) groups excluding carboxylic acids is 1. The van der Waals surface area contributed by atoms with E-state index in [4.69, 9.17) is 0 Å². The molecule has 0 radical (unpaired) electrons. The summed E-state index contributed by atoms with van der Waals surface area (Å²) in [6.07, 6.45) is 3.61. The van der Waals surface area contributed by atoms with Crippen LogP contribution in [0.1, 0.15) is 67.8 Å². The van der Waals surface area contributed by atoms with Gasteiger partial charge in [0.1, 0.15) is 5.69 Å². The molecule has 4 nitrogen and oxygen atoms in total. The molecule has 0 saturated heterocycles. The second-order valence-electron chi connectivity index (χ2n) is 7.07. The topological polar surface area (TPSA) is 54.9 Å². The average molecular weight is 311 g/mol. The summed E-state index contributed by atoms with van der Waals surface area (Å²) in [7, 11) is 0. The lowest BCUT2D eigenvalue weighted by Gasteiger charge is -2.22. The molecule has 1 N–H and O–H groups in total. The van der Waals surface area contributed by atoms with E-state index in [1.165, 1.54) is 5.56 Å². The van der Waals surface area contributed by atoms with E-state index >= 15 is 0 Å². The smallest absolute Gasteiger partial charge is 0.270 e. The number of hydrogen-bond acceptors (Lipinski definition) is 3. The maximum Gasteiger partial charge on any atom is 0.270 e.